The average molecular weight is 311 g/mol. The van der Waals surface area contributed by atoms with Crippen LogP contribution in [0.2, 0.25) is 5.02 Å². The second-order valence-corrected chi connectivity index (χ2v) is 6.85. The van der Waals surface area contributed by atoms with Crippen molar-refractivity contribution in [3.05, 3.63) is 22.7 Å². The van der Waals surface area contributed by atoms with Crippen molar-refractivity contribution in [3.8, 4) is 5.75 Å². The zero-order valence-corrected chi connectivity index (χ0v) is 13.4. The Labute approximate surface area is 129 Å². The maximum absolute atomic E-state index is 6.14. The van der Waals surface area contributed by atoms with Gasteiger partial charge in [0.15, 0.2) is 5.17 Å². The maximum Gasteiger partial charge on any atom is 0.161 e. The Morgan fingerprint density at radius 2 is 2.25 bits per heavy atom. The van der Waals surface area contributed by atoms with E-state index in [1.54, 1.807) is 7.11 Å². The van der Waals surface area contributed by atoms with Crippen molar-refractivity contribution in [2.45, 2.75) is 32.2 Å². The Balaban J connectivity index is 1.82. The topological polar surface area (TPSA) is 33.6 Å². The molecule has 1 aromatic carbocycles. The minimum atomic E-state index is 0.512. The normalized spacial score (nSPS) is 25.1. The number of aryl methyl sites for hydroxylation is 1. The molecule has 5 heteroatoms. The highest BCUT2D eigenvalue weighted by atomic mass is 35.5. The molecule has 3 rings (SSSR count). The Morgan fingerprint density at radius 3 is 3.05 bits per heavy atom. The number of hydrogen-bond donors (Lipinski definition) is 1. The zero-order valence-electron chi connectivity index (χ0n) is 11.8. The molecule has 108 valence electrons. The summed E-state index contributed by atoms with van der Waals surface area (Å²) < 4.78 is 5.40. The van der Waals surface area contributed by atoms with E-state index in [1.807, 2.05) is 30.8 Å². The van der Waals surface area contributed by atoms with E-state index in [9.17, 15) is 0 Å². The van der Waals surface area contributed by atoms with Crippen molar-refractivity contribution in [2.24, 2.45) is 10.9 Å². The van der Waals surface area contributed by atoms with Crippen molar-refractivity contribution < 1.29 is 4.74 Å². The molecular formula is C15H19ClN2OS. The minimum absolute atomic E-state index is 0.512. The van der Waals surface area contributed by atoms with E-state index in [0.29, 0.717) is 6.04 Å². The molecule has 0 amide bonds. The van der Waals surface area contributed by atoms with Gasteiger partial charge in [0.1, 0.15) is 5.75 Å². The predicted molar refractivity (Wildman–Crippen MR) is 87.4 cm³/mol. The van der Waals surface area contributed by atoms with Crippen LogP contribution >= 0.6 is 23.4 Å². The Hall–Kier alpha value is -0.870. The molecule has 2 atom stereocenters. The molecule has 1 fully saturated rings. The molecule has 0 aromatic heterocycles. The van der Waals surface area contributed by atoms with Crippen LogP contribution in [-0.2, 0) is 0 Å². The van der Waals surface area contributed by atoms with Crippen LogP contribution in [0.3, 0.4) is 0 Å². The summed E-state index contributed by atoms with van der Waals surface area (Å²) in [5, 5.41) is 5.14. The highest BCUT2D eigenvalue weighted by Gasteiger charge is 2.31. The standard InChI is InChI=1S/C15H19ClN2OS/c1-9-6-13(14(19-2)7-11(9)16)18-15-17-12-5-3-4-10(12)8-20-15/h6-7,10,12H,3-5,8H2,1-2H3,(H,17,18). The molecule has 0 saturated heterocycles. The van der Waals surface area contributed by atoms with E-state index in [1.165, 1.54) is 25.0 Å². The number of aliphatic imine (C=N–C) groups is 1. The number of halogens is 1. The fourth-order valence-corrected chi connectivity index (χ4v) is 4.18. The van der Waals surface area contributed by atoms with Gasteiger partial charge < -0.3 is 10.1 Å². The molecule has 1 heterocycles. The smallest absolute Gasteiger partial charge is 0.161 e. The van der Waals surface area contributed by atoms with Crippen LogP contribution < -0.4 is 10.1 Å². The van der Waals surface area contributed by atoms with Gasteiger partial charge in [0, 0.05) is 16.8 Å². The van der Waals surface area contributed by atoms with Crippen molar-refractivity contribution in [2.75, 3.05) is 18.2 Å². The van der Waals surface area contributed by atoms with Gasteiger partial charge in [0.2, 0.25) is 0 Å². The third-order valence-corrected chi connectivity index (χ3v) is 5.54. The molecule has 1 N–H and O–H groups in total. The van der Waals surface area contributed by atoms with E-state index in [2.05, 4.69) is 5.32 Å². The number of amidine groups is 1. The van der Waals surface area contributed by atoms with Gasteiger partial charge in [-0.3, -0.25) is 4.99 Å². The molecule has 0 spiro atoms. The first-order chi connectivity index (χ1) is 9.67. The summed E-state index contributed by atoms with van der Waals surface area (Å²) in [7, 11) is 1.66. The third kappa shape index (κ3) is 2.77. The summed E-state index contributed by atoms with van der Waals surface area (Å²) in [6.07, 6.45) is 3.88. The van der Waals surface area contributed by atoms with Gasteiger partial charge in [-0.2, -0.15) is 0 Å². The Bertz CT molecular complexity index is 547. The minimum Gasteiger partial charge on any atom is -0.495 e. The number of methoxy groups -OCH3 is 1. The molecule has 2 unspecified atom stereocenters. The maximum atomic E-state index is 6.14. The fraction of sp³-hybridized carbons (Fsp3) is 0.533. The Morgan fingerprint density at radius 1 is 1.40 bits per heavy atom. The highest BCUT2D eigenvalue weighted by Crippen LogP contribution is 2.37. The van der Waals surface area contributed by atoms with Crippen LogP contribution in [0.25, 0.3) is 0 Å². The molecule has 20 heavy (non-hydrogen) atoms. The number of thioether (sulfide) groups is 1. The van der Waals surface area contributed by atoms with Crippen molar-refractivity contribution >= 4 is 34.2 Å². The molecule has 0 bridgehead atoms. The predicted octanol–water partition coefficient (Wildman–Crippen LogP) is 4.34. The van der Waals surface area contributed by atoms with Crippen LogP contribution in [-0.4, -0.2) is 24.1 Å². The van der Waals surface area contributed by atoms with Crippen LogP contribution in [0.15, 0.2) is 17.1 Å². The Kier molecular flexibility index (Phi) is 4.13. The molecule has 1 saturated carbocycles. The first kappa shape index (κ1) is 14.1. The summed E-state index contributed by atoms with van der Waals surface area (Å²) in [5.41, 5.74) is 1.98. The van der Waals surface area contributed by atoms with Crippen molar-refractivity contribution in [1.82, 2.24) is 0 Å². The van der Waals surface area contributed by atoms with Gasteiger partial charge in [-0.05, 0) is 37.3 Å². The van der Waals surface area contributed by atoms with E-state index in [4.69, 9.17) is 21.3 Å². The molecule has 1 aliphatic carbocycles. The highest BCUT2D eigenvalue weighted by molar-refractivity contribution is 8.14. The number of nitrogens with zero attached hydrogens (tertiary/aromatic N) is 1. The van der Waals surface area contributed by atoms with Crippen LogP contribution in [0.1, 0.15) is 24.8 Å². The van der Waals surface area contributed by atoms with Crippen LogP contribution in [0.4, 0.5) is 5.69 Å². The van der Waals surface area contributed by atoms with E-state index in [-0.39, 0.29) is 0 Å². The lowest BCUT2D eigenvalue weighted by molar-refractivity contribution is 0.417. The molecule has 1 aromatic rings. The van der Waals surface area contributed by atoms with Crippen molar-refractivity contribution in [3.63, 3.8) is 0 Å². The number of benzene rings is 1. The number of anilines is 1. The lowest BCUT2D eigenvalue weighted by Gasteiger charge is -2.24. The van der Waals surface area contributed by atoms with Gasteiger partial charge in [0.05, 0.1) is 18.8 Å². The summed E-state index contributed by atoms with van der Waals surface area (Å²) in [6, 6.07) is 4.38. The lowest BCUT2D eigenvalue weighted by atomic mass is 10.1. The molecule has 3 nitrogen and oxygen atoms in total. The quantitative estimate of drug-likeness (QED) is 0.882. The molecular weight excluding hydrogens is 292 g/mol. The molecule has 1 aliphatic heterocycles. The third-order valence-electron chi connectivity index (χ3n) is 4.06. The lowest BCUT2D eigenvalue weighted by Crippen LogP contribution is -2.25. The molecule has 0 radical (unpaired) electrons. The summed E-state index contributed by atoms with van der Waals surface area (Å²) in [6.45, 7) is 2.00. The SMILES string of the molecule is COc1cc(Cl)c(C)cc1NC1=NC2CCCC2CS1. The van der Waals surface area contributed by atoms with E-state index in [0.717, 1.165) is 33.1 Å². The number of fused-ring (bicyclic) bond motifs is 1. The molecule has 2 aliphatic rings. The zero-order chi connectivity index (χ0) is 14.1. The second-order valence-electron chi connectivity index (χ2n) is 5.43. The largest absolute Gasteiger partial charge is 0.495 e. The van der Waals surface area contributed by atoms with Crippen molar-refractivity contribution in [1.29, 1.82) is 0 Å². The second kappa shape index (κ2) is 5.86. The van der Waals surface area contributed by atoms with Gasteiger partial charge in [0.25, 0.3) is 0 Å². The van der Waals surface area contributed by atoms with Gasteiger partial charge in [-0.1, -0.05) is 29.8 Å². The summed E-state index contributed by atoms with van der Waals surface area (Å²) in [4.78, 5) is 4.85. The average Bonchev–Trinajstić information content (AvgIpc) is 2.90. The fourth-order valence-electron chi connectivity index (χ4n) is 2.87. The van der Waals surface area contributed by atoms with Crippen LogP contribution in [0, 0.1) is 12.8 Å². The van der Waals surface area contributed by atoms with E-state index >= 15 is 0 Å². The summed E-state index contributed by atoms with van der Waals surface area (Å²) in [5.74, 6) is 2.71. The number of nitrogens with one attached hydrogen (secondary N) is 1. The van der Waals surface area contributed by atoms with E-state index < -0.39 is 0 Å². The monoisotopic (exact) mass is 310 g/mol. The van der Waals surface area contributed by atoms with Crippen LogP contribution in [0.5, 0.6) is 5.75 Å². The van der Waals surface area contributed by atoms with Gasteiger partial charge in [-0.15, -0.1) is 0 Å². The first-order valence-electron chi connectivity index (χ1n) is 6.99. The number of ether oxygens (including phenoxy) is 1. The van der Waals surface area contributed by atoms with Gasteiger partial charge in [-0.25, -0.2) is 0 Å². The van der Waals surface area contributed by atoms with Gasteiger partial charge >= 0.3 is 0 Å². The summed E-state index contributed by atoms with van der Waals surface area (Å²) >= 11 is 7.95. The first-order valence-corrected chi connectivity index (χ1v) is 8.35. The number of rotatable bonds is 2. The number of hydrogen-bond acceptors (Lipinski definition) is 4.